The van der Waals surface area contributed by atoms with Crippen molar-refractivity contribution in [2.45, 2.75) is 25.8 Å². The fourth-order valence-electron chi connectivity index (χ4n) is 2.03. The van der Waals surface area contributed by atoms with Crippen molar-refractivity contribution < 1.29 is 0 Å². The second kappa shape index (κ2) is 5.64. The predicted molar refractivity (Wildman–Crippen MR) is 70.7 cm³/mol. The van der Waals surface area contributed by atoms with Gasteiger partial charge in [0.2, 0.25) is 0 Å². The molecule has 0 amide bonds. The van der Waals surface area contributed by atoms with Crippen LogP contribution in [-0.2, 0) is 0 Å². The summed E-state index contributed by atoms with van der Waals surface area (Å²) in [7, 11) is 0. The van der Waals surface area contributed by atoms with E-state index >= 15 is 0 Å². The second-order valence-corrected chi connectivity index (χ2v) is 4.21. The molecule has 0 fully saturated rings. The first kappa shape index (κ1) is 11.9. The van der Waals surface area contributed by atoms with E-state index in [0.29, 0.717) is 12.6 Å². The maximum absolute atomic E-state index is 5.62. The Morgan fingerprint density at radius 1 is 1.24 bits per heavy atom. The molecule has 1 heterocycles. The molecule has 1 unspecified atom stereocenters. The van der Waals surface area contributed by atoms with E-state index in [-0.39, 0.29) is 0 Å². The van der Waals surface area contributed by atoms with Crippen molar-refractivity contribution in [3.8, 4) is 11.1 Å². The van der Waals surface area contributed by atoms with Crippen LogP contribution < -0.4 is 5.73 Å². The van der Waals surface area contributed by atoms with Crippen LogP contribution in [0.5, 0.6) is 0 Å². The number of hydrogen-bond acceptors (Lipinski definition) is 2. The highest BCUT2D eigenvalue weighted by atomic mass is 15.3. The zero-order valence-corrected chi connectivity index (χ0v) is 10.2. The van der Waals surface area contributed by atoms with Crippen LogP contribution in [0.3, 0.4) is 0 Å². The summed E-state index contributed by atoms with van der Waals surface area (Å²) in [5, 5.41) is 4.44. The minimum absolute atomic E-state index is 0.414. The highest BCUT2D eigenvalue weighted by Crippen LogP contribution is 2.21. The van der Waals surface area contributed by atoms with Crippen molar-refractivity contribution in [1.29, 1.82) is 0 Å². The highest BCUT2D eigenvalue weighted by molar-refractivity contribution is 5.61. The normalized spacial score (nSPS) is 12.6. The van der Waals surface area contributed by atoms with Gasteiger partial charge in [0.05, 0.1) is 12.2 Å². The molecule has 1 aromatic heterocycles. The third-order valence-corrected chi connectivity index (χ3v) is 3.05. The predicted octanol–water partition coefficient (Wildman–Crippen LogP) is 2.85. The number of aromatic nitrogens is 2. The molecular weight excluding hydrogens is 210 g/mol. The van der Waals surface area contributed by atoms with Crippen molar-refractivity contribution in [1.82, 2.24) is 9.78 Å². The standard InChI is InChI=1S/C14H19N3/c1-2-14(8-9-15)17-11-13(10-16-17)12-6-4-3-5-7-12/h3-7,10-11,14H,2,8-9,15H2,1H3. The van der Waals surface area contributed by atoms with E-state index < -0.39 is 0 Å². The van der Waals surface area contributed by atoms with Crippen molar-refractivity contribution in [3.63, 3.8) is 0 Å². The number of rotatable bonds is 5. The summed E-state index contributed by atoms with van der Waals surface area (Å²) in [6, 6.07) is 10.7. The Bertz CT molecular complexity index is 448. The van der Waals surface area contributed by atoms with E-state index in [0.717, 1.165) is 12.8 Å². The van der Waals surface area contributed by atoms with Crippen LogP contribution in [0.1, 0.15) is 25.8 Å². The molecule has 3 heteroatoms. The Labute approximate surface area is 102 Å². The van der Waals surface area contributed by atoms with E-state index in [1.54, 1.807) is 0 Å². The Kier molecular flexibility index (Phi) is 3.94. The zero-order valence-electron chi connectivity index (χ0n) is 10.2. The summed E-state index contributed by atoms with van der Waals surface area (Å²) < 4.78 is 2.04. The van der Waals surface area contributed by atoms with Gasteiger partial charge in [-0.2, -0.15) is 5.10 Å². The molecule has 1 atom stereocenters. The van der Waals surface area contributed by atoms with Gasteiger partial charge in [-0.3, -0.25) is 4.68 Å². The molecule has 2 N–H and O–H groups in total. The smallest absolute Gasteiger partial charge is 0.0568 e. The van der Waals surface area contributed by atoms with Crippen LogP contribution >= 0.6 is 0 Å². The Morgan fingerprint density at radius 3 is 2.65 bits per heavy atom. The number of nitrogens with two attached hydrogens (primary N) is 1. The van der Waals surface area contributed by atoms with Gasteiger partial charge in [0.1, 0.15) is 0 Å². The number of benzene rings is 1. The van der Waals surface area contributed by atoms with Crippen molar-refractivity contribution in [2.75, 3.05) is 6.54 Å². The van der Waals surface area contributed by atoms with Crippen LogP contribution in [0, 0.1) is 0 Å². The molecule has 0 spiro atoms. The molecule has 17 heavy (non-hydrogen) atoms. The molecule has 3 nitrogen and oxygen atoms in total. The minimum atomic E-state index is 0.414. The van der Waals surface area contributed by atoms with Gasteiger partial charge in [-0.15, -0.1) is 0 Å². The maximum Gasteiger partial charge on any atom is 0.0568 e. The van der Waals surface area contributed by atoms with Crippen molar-refractivity contribution in [3.05, 3.63) is 42.7 Å². The first-order chi connectivity index (χ1) is 8.35. The number of hydrogen-bond donors (Lipinski definition) is 1. The minimum Gasteiger partial charge on any atom is -0.330 e. The van der Waals surface area contributed by atoms with Crippen LogP contribution in [0.25, 0.3) is 11.1 Å². The maximum atomic E-state index is 5.62. The summed E-state index contributed by atoms with van der Waals surface area (Å²) in [5.41, 5.74) is 8.00. The van der Waals surface area contributed by atoms with Crippen LogP contribution in [0.4, 0.5) is 0 Å². The molecule has 0 aliphatic rings. The van der Waals surface area contributed by atoms with E-state index in [1.165, 1.54) is 11.1 Å². The van der Waals surface area contributed by atoms with Crippen molar-refractivity contribution in [2.24, 2.45) is 5.73 Å². The fraction of sp³-hybridized carbons (Fsp3) is 0.357. The third-order valence-electron chi connectivity index (χ3n) is 3.05. The first-order valence-corrected chi connectivity index (χ1v) is 6.14. The molecule has 90 valence electrons. The molecule has 2 rings (SSSR count). The lowest BCUT2D eigenvalue weighted by Gasteiger charge is -2.13. The molecule has 2 aromatic rings. The lowest BCUT2D eigenvalue weighted by Crippen LogP contribution is -2.13. The van der Waals surface area contributed by atoms with Gasteiger partial charge >= 0.3 is 0 Å². The summed E-state index contributed by atoms with van der Waals surface area (Å²) in [4.78, 5) is 0. The lowest BCUT2D eigenvalue weighted by molar-refractivity contribution is 0.418. The van der Waals surface area contributed by atoms with E-state index in [9.17, 15) is 0 Å². The molecule has 1 aromatic carbocycles. The lowest BCUT2D eigenvalue weighted by atomic mass is 10.1. The largest absolute Gasteiger partial charge is 0.330 e. The molecule has 0 radical (unpaired) electrons. The van der Waals surface area contributed by atoms with Crippen LogP contribution in [-0.4, -0.2) is 16.3 Å². The second-order valence-electron chi connectivity index (χ2n) is 4.21. The molecular formula is C14H19N3. The molecule has 0 bridgehead atoms. The fourth-order valence-corrected chi connectivity index (χ4v) is 2.03. The molecule has 0 saturated carbocycles. The van der Waals surface area contributed by atoms with E-state index in [4.69, 9.17) is 5.73 Å². The van der Waals surface area contributed by atoms with E-state index in [2.05, 4.69) is 30.4 Å². The monoisotopic (exact) mass is 229 g/mol. The number of nitrogens with zero attached hydrogens (tertiary/aromatic N) is 2. The molecule has 0 aliphatic carbocycles. The van der Waals surface area contributed by atoms with Crippen LogP contribution in [0.2, 0.25) is 0 Å². The van der Waals surface area contributed by atoms with Gasteiger partial charge in [-0.1, -0.05) is 37.3 Å². The average Bonchev–Trinajstić information content (AvgIpc) is 2.86. The topological polar surface area (TPSA) is 43.8 Å². The Hall–Kier alpha value is -1.61. The van der Waals surface area contributed by atoms with Gasteiger partial charge in [-0.05, 0) is 24.9 Å². The average molecular weight is 229 g/mol. The summed E-state index contributed by atoms with van der Waals surface area (Å²) in [6.45, 7) is 2.88. The Balaban J connectivity index is 2.21. The summed E-state index contributed by atoms with van der Waals surface area (Å²) >= 11 is 0. The van der Waals surface area contributed by atoms with Gasteiger partial charge in [0.25, 0.3) is 0 Å². The van der Waals surface area contributed by atoms with E-state index in [1.807, 2.05) is 29.1 Å². The highest BCUT2D eigenvalue weighted by Gasteiger charge is 2.09. The van der Waals surface area contributed by atoms with Gasteiger partial charge < -0.3 is 5.73 Å². The molecule has 0 aliphatic heterocycles. The summed E-state index contributed by atoms with van der Waals surface area (Å²) in [6.07, 6.45) is 6.08. The first-order valence-electron chi connectivity index (χ1n) is 6.14. The summed E-state index contributed by atoms with van der Waals surface area (Å²) in [5.74, 6) is 0. The molecule has 0 saturated heterocycles. The Morgan fingerprint density at radius 2 is 2.00 bits per heavy atom. The van der Waals surface area contributed by atoms with Gasteiger partial charge in [-0.25, -0.2) is 0 Å². The third kappa shape index (κ3) is 2.74. The zero-order chi connectivity index (χ0) is 12.1. The SMILES string of the molecule is CCC(CCN)n1cc(-c2ccccc2)cn1. The van der Waals surface area contributed by atoms with Crippen molar-refractivity contribution >= 4 is 0 Å². The van der Waals surface area contributed by atoms with Crippen LogP contribution in [0.15, 0.2) is 42.7 Å². The van der Waals surface area contributed by atoms with Gasteiger partial charge in [0.15, 0.2) is 0 Å². The van der Waals surface area contributed by atoms with Gasteiger partial charge in [0, 0.05) is 11.8 Å². The quantitative estimate of drug-likeness (QED) is 0.856.